The first-order chi connectivity index (χ1) is 9.11. The number of rotatable bonds is 2. The molecule has 0 saturated carbocycles. The second kappa shape index (κ2) is 4.24. The van der Waals surface area contributed by atoms with Gasteiger partial charge in [0.15, 0.2) is 0 Å². The van der Waals surface area contributed by atoms with E-state index in [1.54, 1.807) is 18.2 Å². The number of phenolic OH excluding ortho intramolecular Hbond substituents is 1. The summed E-state index contributed by atoms with van der Waals surface area (Å²) in [6, 6.07) is 6.81. The van der Waals surface area contributed by atoms with Crippen LogP contribution in [0.2, 0.25) is 0 Å². The van der Waals surface area contributed by atoms with Crippen LogP contribution in [0.5, 0.6) is 17.4 Å². The van der Waals surface area contributed by atoms with Crippen molar-refractivity contribution in [2.24, 2.45) is 0 Å². The quantitative estimate of drug-likeness (QED) is 0.761. The molecule has 0 fully saturated rings. The predicted molar refractivity (Wildman–Crippen MR) is 68.4 cm³/mol. The van der Waals surface area contributed by atoms with Crippen LogP contribution >= 0.6 is 0 Å². The molecule has 0 spiro atoms. The molecule has 0 saturated heterocycles. The van der Waals surface area contributed by atoms with Crippen LogP contribution in [0.4, 0.5) is 0 Å². The molecule has 6 nitrogen and oxygen atoms in total. The maximum atomic E-state index is 9.57. The summed E-state index contributed by atoms with van der Waals surface area (Å²) in [6.07, 6.45) is 1.42. The van der Waals surface area contributed by atoms with Crippen LogP contribution in [0, 0.1) is 13.8 Å². The normalized spacial score (nSPS) is 10.8. The highest BCUT2D eigenvalue weighted by atomic mass is 16.5. The van der Waals surface area contributed by atoms with Gasteiger partial charge >= 0.3 is 0 Å². The molecule has 1 N–H and O–H groups in total. The van der Waals surface area contributed by atoms with Crippen LogP contribution in [0.1, 0.15) is 11.3 Å². The molecule has 0 aliphatic rings. The van der Waals surface area contributed by atoms with Crippen LogP contribution < -0.4 is 4.74 Å². The first-order valence-electron chi connectivity index (χ1n) is 5.78. The van der Waals surface area contributed by atoms with E-state index in [9.17, 15) is 5.11 Å². The maximum Gasteiger partial charge on any atom is 0.255 e. The van der Waals surface area contributed by atoms with Crippen LogP contribution in [0.3, 0.4) is 0 Å². The Labute approximate surface area is 109 Å². The van der Waals surface area contributed by atoms with Gasteiger partial charge in [-0.15, -0.1) is 0 Å². The first-order valence-corrected chi connectivity index (χ1v) is 5.78. The highest BCUT2D eigenvalue weighted by Gasteiger charge is 2.08. The summed E-state index contributed by atoms with van der Waals surface area (Å²) in [5.41, 5.74) is 1.70. The van der Waals surface area contributed by atoms with Crippen molar-refractivity contribution < 1.29 is 9.84 Å². The Morgan fingerprint density at radius 2 is 2.00 bits per heavy atom. The molecular weight excluding hydrogens is 244 g/mol. The number of hydrogen-bond acceptors (Lipinski definition) is 5. The molecule has 0 aliphatic carbocycles. The van der Waals surface area contributed by atoms with Crippen LogP contribution in [0.15, 0.2) is 30.6 Å². The molecule has 0 bridgehead atoms. The lowest BCUT2D eigenvalue weighted by Crippen LogP contribution is -1.99. The average Bonchev–Trinajstić information content (AvgIpc) is 2.75. The van der Waals surface area contributed by atoms with Crippen LogP contribution in [-0.4, -0.2) is 24.7 Å². The van der Waals surface area contributed by atoms with Crippen LogP contribution in [0.25, 0.3) is 5.78 Å². The number of hydrogen-bond donors (Lipinski definition) is 1. The van der Waals surface area contributed by atoms with Gasteiger partial charge in [0.25, 0.3) is 5.78 Å². The molecule has 2 aromatic heterocycles. The Bertz CT molecular complexity index is 731. The fourth-order valence-corrected chi connectivity index (χ4v) is 1.88. The van der Waals surface area contributed by atoms with Crippen molar-refractivity contribution in [2.45, 2.75) is 13.8 Å². The minimum Gasteiger partial charge on any atom is -0.508 e. The lowest BCUT2D eigenvalue weighted by Gasteiger charge is -2.08. The van der Waals surface area contributed by atoms with E-state index in [2.05, 4.69) is 15.1 Å². The SMILES string of the molecule is Cc1cc(O)cc(Oc2cc(C)nc3ncnn23)c1. The number of fused-ring (bicyclic) bond motifs is 1. The number of aryl methyl sites for hydroxylation is 2. The number of nitrogens with zero attached hydrogens (tertiary/aromatic N) is 4. The van der Waals surface area contributed by atoms with Gasteiger partial charge in [0, 0.05) is 17.8 Å². The van der Waals surface area contributed by atoms with Crippen molar-refractivity contribution in [3.05, 3.63) is 41.9 Å². The molecule has 96 valence electrons. The lowest BCUT2D eigenvalue weighted by molar-refractivity contribution is 0.433. The molecule has 0 amide bonds. The lowest BCUT2D eigenvalue weighted by atomic mass is 10.2. The number of aromatic hydroxyl groups is 1. The summed E-state index contributed by atoms with van der Waals surface area (Å²) in [6.45, 7) is 3.74. The summed E-state index contributed by atoms with van der Waals surface area (Å²) >= 11 is 0. The zero-order valence-electron chi connectivity index (χ0n) is 10.5. The largest absolute Gasteiger partial charge is 0.508 e. The molecule has 0 unspecified atom stereocenters. The Hall–Kier alpha value is -2.63. The molecule has 0 aliphatic heterocycles. The van der Waals surface area contributed by atoms with E-state index < -0.39 is 0 Å². The summed E-state index contributed by atoms with van der Waals surface area (Å²) in [5.74, 6) is 1.69. The van der Waals surface area contributed by atoms with Gasteiger partial charge in [0.05, 0.1) is 0 Å². The van der Waals surface area contributed by atoms with Crippen molar-refractivity contribution in [1.82, 2.24) is 19.6 Å². The summed E-state index contributed by atoms with van der Waals surface area (Å²) in [4.78, 5) is 8.26. The third-order valence-corrected chi connectivity index (χ3v) is 2.61. The smallest absolute Gasteiger partial charge is 0.255 e. The minimum atomic E-state index is 0.163. The zero-order chi connectivity index (χ0) is 13.4. The Morgan fingerprint density at radius 1 is 1.16 bits per heavy atom. The molecule has 2 heterocycles. The molecular formula is C13H12N4O2. The Balaban J connectivity index is 2.07. The zero-order valence-corrected chi connectivity index (χ0v) is 10.5. The molecule has 6 heteroatoms. The van der Waals surface area contributed by atoms with E-state index in [0.717, 1.165) is 11.3 Å². The van der Waals surface area contributed by atoms with E-state index >= 15 is 0 Å². The molecule has 19 heavy (non-hydrogen) atoms. The van der Waals surface area contributed by atoms with Crippen molar-refractivity contribution in [2.75, 3.05) is 0 Å². The second-order valence-corrected chi connectivity index (χ2v) is 4.31. The van der Waals surface area contributed by atoms with Gasteiger partial charge in [-0.2, -0.15) is 14.6 Å². The van der Waals surface area contributed by atoms with Gasteiger partial charge in [-0.05, 0) is 31.5 Å². The van der Waals surface area contributed by atoms with E-state index in [-0.39, 0.29) is 5.75 Å². The van der Waals surface area contributed by atoms with Crippen molar-refractivity contribution in [3.63, 3.8) is 0 Å². The standard InChI is InChI=1S/C13H12N4O2/c1-8-3-10(18)6-11(4-8)19-12-5-9(2)16-13-14-7-15-17(12)13/h3-7,18H,1-2H3. The van der Waals surface area contributed by atoms with E-state index in [0.29, 0.717) is 17.4 Å². The monoisotopic (exact) mass is 256 g/mol. The van der Waals surface area contributed by atoms with Gasteiger partial charge < -0.3 is 9.84 Å². The maximum absolute atomic E-state index is 9.57. The van der Waals surface area contributed by atoms with Crippen LogP contribution in [-0.2, 0) is 0 Å². The fourth-order valence-electron chi connectivity index (χ4n) is 1.88. The van der Waals surface area contributed by atoms with E-state index in [1.165, 1.54) is 10.8 Å². The molecule has 1 aromatic carbocycles. The summed E-state index contributed by atoms with van der Waals surface area (Å²) in [7, 11) is 0. The average molecular weight is 256 g/mol. The summed E-state index contributed by atoms with van der Waals surface area (Å²) < 4.78 is 7.26. The minimum absolute atomic E-state index is 0.163. The van der Waals surface area contributed by atoms with Gasteiger partial charge in [0.2, 0.25) is 5.88 Å². The topological polar surface area (TPSA) is 72.5 Å². The first kappa shape index (κ1) is 11.5. The number of aromatic nitrogens is 4. The van der Waals surface area contributed by atoms with Crippen molar-refractivity contribution >= 4 is 5.78 Å². The van der Waals surface area contributed by atoms with Crippen molar-refractivity contribution in [1.29, 1.82) is 0 Å². The molecule has 0 radical (unpaired) electrons. The third kappa shape index (κ3) is 2.20. The predicted octanol–water partition coefficient (Wildman–Crippen LogP) is 2.24. The molecule has 3 rings (SSSR count). The van der Waals surface area contributed by atoms with Gasteiger partial charge in [-0.25, -0.2) is 4.98 Å². The molecule has 3 aromatic rings. The van der Waals surface area contributed by atoms with E-state index in [1.807, 2.05) is 19.9 Å². The second-order valence-electron chi connectivity index (χ2n) is 4.31. The van der Waals surface area contributed by atoms with Gasteiger partial charge in [0.1, 0.15) is 17.8 Å². The number of phenols is 1. The Morgan fingerprint density at radius 3 is 2.79 bits per heavy atom. The fraction of sp³-hybridized carbons (Fsp3) is 0.154. The third-order valence-electron chi connectivity index (χ3n) is 2.61. The number of ether oxygens (including phenoxy) is 1. The summed E-state index contributed by atoms with van der Waals surface area (Å²) in [5, 5.41) is 13.6. The van der Waals surface area contributed by atoms with Gasteiger partial charge in [-0.3, -0.25) is 0 Å². The molecule has 0 atom stereocenters. The number of benzene rings is 1. The Kier molecular flexibility index (Phi) is 2.56. The van der Waals surface area contributed by atoms with Crippen molar-refractivity contribution in [3.8, 4) is 17.4 Å². The highest BCUT2D eigenvalue weighted by molar-refractivity contribution is 5.40. The van der Waals surface area contributed by atoms with E-state index in [4.69, 9.17) is 4.74 Å². The van der Waals surface area contributed by atoms with Gasteiger partial charge in [-0.1, -0.05) is 0 Å². The highest BCUT2D eigenvalue weighted by Crippen LogP contribution is 2.26.